The van der Waals surface area contributed by atoms with Gasteiger partial charge in [0.15, 0.2) is 0 Å². The standard InChI is InChI=1S/C29H22N4O/c34-29-24-13-7-8-14-25(24)30-28(33(29)23-11-5-2-6-12-23)27-19-26(31-32-27)22-17-15-21(16-18-22)20-9-3-1-4-10-20/h1-18,27,32H,19H2. The highest BCUT2D eigenvalue weighted by molar-refractivity contribution is 6.02. The zero-order chi connectivity index (χ0) is 22.9. The lowest BCUT2D eigenvalue weighted by atomic mass is 9.99. The molecule has 2 heterocycles. The van der Waals surface area contributed by atoms with Gasteiger partial charge in [-0.3, -0.25) is 14.8 Å². The van der Waals surface area contributed by atoms with Gasteiger partial charge in [0.2, 0.25) is 0 Å². The summed E-state index contributed by atoms with van der Waals surface area (Å²) in [5.41, 5.74) is 9.01. The van der Waals surface area contributed by atoms with Gasteiger partial charge in [-0.2, -0.15) is 5.10 Å². The van der Waals surface area contributed by atoms with Crippen molar-refractivity contribution in [3.63, 3.8) is 0 Å². The second-order valence-corrected chi connectivity index (χ2v) is 8.35. The van der Waals surface area contributed by atoms with Crippen LogP contribution in [0.5, 0.6) is 0 Å². The van der Waals surface area contributed by atoms with Crippen LogP contribution >= 0.6 is 0 Å². The van der Waals surface area contributed by atoms with Gasteiger partial charge in [0.25, 0.3) is 5.56 Å². The molecule has 164 valence electrons. The maximum absolute atomic E-state index is 13.5. The summed E-state index contributed by atoms with van der Waals surface area (Å²) in [6, 6.07) is 35.7. The van der Waals surface area contributed by atoms with Gasteiger partial charge in [0.1, 0.15) is 11.9 Å². The van der Waals surface area contributed by atoms with E-state index in [-0.39, 0.29) is 11.6 Å². The van der Waals surface area contributed by atoms with Gasteiger partial charge in [-0.05, 0) is 41.0 Å². The first-order chi connectivity index (χ1) is 16.8. The second-order valence-electron chi connectivity index (χ2n) is 8.35. The summed E-state index contributed by atoms with van der Waals surface area (Å²) < 4.78 is 1.71. The predicted molar refractivity (Wildman–Crippen MR) is 136 cm³/mol. The molecule has 0 saturated heterocycles. The SMILES string of the molecule is O=c1c2ccccc2nc(C2CC(c3ccc(-c4ccccc4)cc3)=NN2)n1-c1ccccc1. The van der Waals surface area contributed by atoms with Crippen LogP contribution in [0.4, 0.5) is 0 Å². The van der Waals surface area contributed by atoms with E-state index in [0.717, 1.165) is 17.0 Å². The molecule has 0 amide bonds. The van der Waals surface area contributed by atoms with Crippen molar-refractivity contribution in [3.05, 3.63) is 131 Å². The molecule has 6 rings (SSSR count). The predicted octanol–water partition coefficient (Wildman–Crippen LogP) is 5.49. The van der Waals surface area contributed by atoms with Gasteiger partial charge in [-0.15, -0.1) is 0 Å². The van der Waals surface area contributed by atoms with Crippen LogP contribution in [0.15, 0.2) is 119 Å². The molecule has 0 aliphatic carbocycles. The molecule has 1 aromatic heterocycles. The number of benzene rings is 4. The van der Waals surface area contributed by atoms with Crippen molar-refractivity contribution in [2.45, 2.75) is 12.5 Å². The number of nitrogens with zero attached hydrogens (tertiary/aromatic N) is 3. The lowest BCUT2D eigenvalue weighted by Gasteiger charge is -2.18. The second kappa shape index (κ2) is 8.45. The van der Waals surface area contributed by atoms with E-state index in [9.17, 15) is 4.79 Å². The van der Waals surface area contributed by atoms with Crippen molar-refractivity contribution in [3.8, 4) is 16.8 Å². The monoisotopic (exact) mass is 442 g/mol. The molecule has 0 spiro atoms. The number of fused-ring (bicyclic) bond motifs is 1. The van der Waals surface area contributed by atoms with E-state index in [1.165, 1.54) is 11.1 Å². The fourth-order valence-corrected chi connectivity index (χ4v) is 4.47. The summed E-state index contributed by atoms with van der Waals surface area (Å²) in [6.45, 7) is 0. The number of aromatic nitrogens is 2. The zero-order valence-corrected chi connectivity index (χ0v) is 18.4. The molecule has 0 saturated carbocycles. The molecular weight excluding hydrogens is 420 g/mol. The molecule has 0 bridgehead atoms. The van der Waals surface area contributed by atoms with E-state index in [4.69, 9.17) is 4.98 Å². The van der Waals surface area contributed by atoms with Crippen LogP contribution in [0.2, 0.25) is 0 Å². The Hall–Kier alpha value is -4.51. The lowest BCUT2D eigenvalue weighted by molar-refractivity contribution is 0.565. The first-order valence-electron chi connectivity index (χ1n) is 11.3. The number of hydrogen-bond donors (Lipinski definition) is 1. The first-order valence-corrected chi connectivity index (χ1v) is 11.3. The van der Waals surface area contributed by atoms with Gasteiger partial charge in [-0.25, -0.2) is 4.98 Å². The molecule has 1 atom stereocenters. The van der Waals surface area contributed by atoms with Crippen molar-refractivity contribution in [2.75, 3.05) is 0 Å². The molecule has 1 N–H and O–H groups in total. The summed E-state index contributed by atoms with van der Waals surface area (Å²) in [5, 5.41) is 5.22. The van der Waals surface area contributed by atoms with E-state index >= 15 is 0 Å². The summed E-state index contributed by atoms with van der Waals surface area (Å²) in [4.78, 5) is 18.4. The van der Waals surface area contributed by atoms with E-state index in [2.05, 4.69) is 46.9 Å². The van der Waals surface area contributed by atoms with Gasteiger partial charge < -0.3 is 0 Å². The molecule has 5 aromatic rings. The summed E-state index contributed by atoms with van der Waals surface area (Å²) in [7, 11) is 0. The fourth-order valence-electron chi connectivity index (χ4n) is 4.47. The molecule has 34 heavy (non-hydrogen) atoms. The zero-order valence-electron chi connectivity index (χ0n) is 18.4. The summed E-state index contributed by atoms with van der Waals surface area (Å²) >= 11 is 0. The Morgan fingerprint density at radius 1 is 0.706 bits per heavy atom. The third kappa shape index (κ3) is 3.57. The lowest BCUT2D eigenvalue weighted by Crippen LogP contribution is -2.28. The first kappa shape index (κ1) is 20.1. The van der Waals surface area contributed by atoms with E-state index in [1.54, 1.807) is 4.57 Å². The largest absolute Gasteiger partial charge is 0.299 e. The van der Waals surface area contributed by atoms with Gasteiger partial charge >= 0.3 is 0 Å². The smallest absolute Gasteiger partial charge is 0.266 e. The molecule has 0 fully saturated rings. The molecule has 1 aliphatic rings. The Morgan fingerprint density at radius 2 is 1.32 bits per heavy atom. The molecule has 0 radical (unpaired) electrons. The third-order valence-electron chi connectivity index (χ3n) is 6.21. The number of hydrazone groups is 1. The van der Waals surface area contributed by atoms with Crippen LogP contribution in [0.25, 0.3) is 27.7 Å². The number of hydrogen-bond acceptors (Lipinski definition) is 4. The van der Waals surface area contributed by atoms with Crippen LogP contribution in [0.3, 0.4) is 0 Å². The molecule has 5 nitrogen and oxygen atoms in total. The highest BCUT2D eigenvalue weighted by Gasteiger charge is 2.27. The minimum absolute atomic E-state index is 0.0748. The molecule has 5 heteroatoms. The van der Waals surface area contributed by atoms with Crippen LogP contribution in [0.1, 0.15) is 23.9 Å². The molecule has 4 aromatic carbocycles. The number of para-hydroxylation sites is 2. The van der Waals surface area contributed by atoms with Crippen molar-refractivity contribution in [2.24, 2.45) is 5.10 Å². The Bertz CT molecular complexity index is 1560. The average molecular weight is 443 g/mol. The Labute approximate surface area is 197 Å². The van der Waals surface area contributed by atoms with Crippen molar-refractivity contribution < 1.29 is 0 Å². The average Bonchev–Trinajstić information content (AvgIpc) is 3.40. The Morgan fingerprint density at radius 3 is 2.09 bits per heavy atom. The quantitative estimate of drug-likeness (QED) is 0.400. The van der Waals surface area contributed by atoms with Crippen LogP contribution in [0, 0.1) is 0 Å². The van der Waals surface area contributed by atoms with Crippen molar-refractivity contribution in [1.82, 2.24) is 15.0 Å². The summed E-state index contributed by atoms with van der Waals surface area (Å²) in [5.74, 6) is 0.662. The van der Waals surface area contributed by atoms with Crippen molar-refractivity contribution in [1.29, 1.82) is 0 Å². The van der Waals surface area contributed by atoms with Crippen LogP contribution < -0.4 is 11.0 Å². The van der Waals surface area contributed by atoms with E-state index < -0.39 is 0 Å². The topological polar surface area (TPSA) is 59.3 Å². The summed E-state index contributed by atoms with van der Waals surface area (Å²) in [6.07, 6.45) is 0.641. The third-order valence-corrected chi connectivity index (χ3v) is 6.21. The Kier molecular flexibility index (Phi) is 5.00. The number of nitrogens with one attached hydrogen (secondary N) is 1. The highest BCUT2D eigenvalue weighted by atomic mass is 16.1. The molecular formula is C29H22N4O. The highest BCUT2D eigenvalue weighted by Crippen LogP contribution is 2.27. The Balaban J connectivity index is 1.35. The van der Waals surface area contributed by atoms with Gasteiger partial charge in [0.05, 0.1) is 22.3 Å². The normalized spacial score (nSPS) is 15.2. The van der Waals surface area contributed by atoms with E-state index in [0.29, 0.717) is 23.1 Å². The number of rotatable bonds is 4. The van der Waals surface area contributed by atoms with Gasteiger partial charge in [0, 0.05) is 6.42 Å². The van der Waals surface area contributed by atoms with Gasteiger partial charge in [-0.1, -0.05) is 84.9 Å². The van der Waals surface area contributed by atoms with Crippen LogP contribution in [-0.2, 0) is 0 Å². The molecule has 1 unspecified atom stereocenters. The minimum Gasteiger partial charge on any atom is -0.299 e. The fraction of sp³-hybridized carbons (Fsp3) is 0.0690. The maximum Gasteiger partial charge on any atom is 0.266 e. The van der Waals surface area contributed by atoms with Crippen LogP contribution in [-0.4, -0.2) is 15.3 Å². The molecule has 1 aliphatic heterocycles. The minimum atomic E-state index is -0.207. The maximum atomic E-state index is 13.5. The van der Waals surface area contributed by atoms with E-state index in [1.807, 2.05) is 72.8 Å². The van der Waals surface area contributed by atoms with Crippen molar-refractivity contribution >= 4 is 16.6 Å².